The molecule has 0 saturated heterocycles. The molecule has 3 heteroatoms. The Morgan fingerprint density at radius 3 is 2.57 bits per heavy atom. The highest BCUT2D eigenvalue weighted by Gasteiger charge is 2.17. The van der Waals surface area contributed by atoms with Crippen LogP contribution in [-0.4, -0.2) is 13.7 Å². The number of methoxy groups -OCH3 is 1. The average molecular weight is 287 g/mol. The Hall–Kier alpha value is -1.87. The van der Waals surface area contributed by atoms with E-state index >= 15 is 0 Å². The lowest BCUT2D eigenvalue weighted by Gasteiger charge is -2.20. The molecule has 0 saturated carbocycles. The van der Waals surface area contributed by atoms with E-state index in [9.17, 15) is 4.39 Å². The molecule has 1 N–H and O–H groups in total. The van der Waals surface area contributed by atoms with Crippen LogP contribution in [0.1, 0.15) is 36.6 Å². The van der Waals surface area contributed by atoms with Crippen molar-refractivity contribution in [1.29, 1.82) is 0 Å². The molecule has 0 fully saturated rings. The molecule has 0 heterocycles. The first-order valence-corrected chi connectivity index (χ1v) is 7.35. The van der Waals surface area contributed by atoms with Gasteiger partial charge in [0.2, 0.25) is 0 Å². The van der Waals surface area contributed by atoms with Gasteiger partial charge in [-0.15, -0.1) is 0 Å². The van der Waals surface area contributed by atoms with Crippen molar-refractivity contribution < 1.29 is 9.13 Å². The summed E-state index contributed by atoms with van der Waals surface area (Å²) in [6.45, 7) is 4.92. The van der Waals surface area contributed by atoms with Gasteiger partial charge in [-0.05, 0) is 30.2 Å². The fourth-order valence-corrected chi connectivity index (χ4v) is 2.47. The van der Waals surface area contributed by atoms with Crippen LogP contribution in [0.2, 0.25) is 0 Å². The van der Waals surface area contributed by atoms with E-state index in [1.165, 1.54) is 11.6 Å². The molecule has 2 aromatic carbocycles. The second-order valence-corrected chi connectivity index (χ2v) is 4.98. The first-order chi connectivity index (χ1) is 10.2. The highest BCUT2D eigenvalue weighted by Crippen LogP contribution is 2.27. The molecule has 21 heavy (non-hydrogen) atoms. The Bertz CT molecular complexity index is 598. The van der Waals surface area contributed by atoms with E-state index in [1.807, 2.05) is 19.1 Å². The van der Waals surface area contributed by atoms with Crippen molar-refractivity contribution in [2.45, 2.75) is 26.3 Å². The molecule has 2 rings (SSSR count). The Balaban J connectivity index is 2.42. The highest BCUT2D eigenvalue weighted by atomic mass is 19.1. The largest absolute Gasteiger partial charge is 0.497 e. The van der Waals surface area contributed by atoms with Crippen molar-refractivity contribution in [3.05, 3.63) is 65.0 Å². The molecular weight excluding hydrogens is 265 g/mol. The van der Waals surface area contributed by atoms with Gasteiger partial charge in [0.15, 0.2) is 0 Å². The number of nitrogens with one attached hydrogen (secondary N) is 1. The lowest BCUT2D eigenvalue weighted by molar-refractivity contribution is 0.410. The second kappa shape index (κ2) is 7.23. The first kappa shape index (κ1) is 15.5. The molecule has 2 nitrogen and oxygen atoms in total. The SMILES string of the molecule is CCNC(c1cccc(CC)c1)c1ccc(OC)cc1F. The van der Waals surface area contributed by atoms with Crippen LogP contribution in [0, 0.1) is 5.82 Å². The van der Waals surface area contributed by atoms with Gasteiger partial charge in [-0.2, -0.15) is 0 Å². The summed E-state index contributed by atoms with van der Waals surface area (Å²) in [4.78, 5) is 0. The van der Waals surface area contributed by atoms with Gasteiger partial charge in [0, 0.05) is 11.6 Å². The van der Waals surface area contributed by atoms with Gasteiger partial charge >= 0.3 is 0 Å². The summed E-state index contributed by atoms with van der Waals surface area (Å²) in [5, 5.41) is 3.36. The fourth-order valence-electron chi connectivity index (χ4n) is 2.47. The maximum absolute atomic E-state index is 14.4. The third kappa shape index (κ3) is 3.61. The molecule has 1 unspecified atom stereocenters. The van der Waals surface area contributed by atoms with Gasteiger partial charge in [0.1, 0.15) is 11.6 Å². The number of aryl methyl sites for hydroxylation is 1. The van der Waals surface area contributed by atoms with Crippen molar-refractivity contribution in [2.24, 2.45) is 0 Å². The fraction of sp³-hybridized carbons (Fsp3) is 0.333. The zero-order valence-electron chi connectivity index (χ0n) is 12.8. The Morgan fingerprint density at radius 1 is 1.14 bits per heavy atom. The Labute approximate surface area is 126 Å². The van der Waals surface area contributed by atoms with E-state index < -0.39 is 0 Å². The third-order valence-corrected chi connectivity index (χ3v) is 3.62. The average Bonchev–Trinajstić information content (AvgIpc) is 2.53. The van der Waals surface area contributed by atoms with Crippen LogP contribution in [0.4, 0.5) is 4.39 Å². The lowest BCUT2D eigenvalue weighted by atomic mass is 9.96. The minimum absolute atomic E-state index is 0.146. The van der Waals surface area contributed by atoms with E-state index in [4.69, 9.17) is 4.74 Å². The van der Waals surface area contributed by atoms with Crippen molar-refractivity contribution in [2.75, 3.05) is 13.7 Å². The lowest BCUT2D eigenvalue weighted by Crippen LogP contribution is -2.23. The van der Waals surface area contributed by atoms with Gasteiger partial charge < -0.3 is 10.1 Å². The molecule has 0 bridgehead atoms. The van der Waals surface area contributed by atoms with Crippen molar-refractivity contribution in [3.63, 3.8) is 0 Å². The minimum Gasteiger partial charge on any atom is -0.497 e. The van der Waals surface area contributed by atoms with Crippen LogP contribution in [0.25, 0.3) is 0 Å². The van der Waals surface area contributed by atoms with Crippen LogP contribution in [0.15, 0.2) is 42.5 Å². The molecule has 0 aliphatic rings. The molecule has 0 spiro atoms. The Morgan fingerprint density at radius 2 is 1.95 bits per heavy atom. The third-order valence-electron chi connectivity index (χ3n) is 3.62. The van der Waals surface area contributed by atoms with Crippen molar-refractivity contribution in [1.82, 2.24) is 5.32 Å². The molecule has 0 aliphatic carbocycles. The maximum atomic E-state index is 14.4. The minimum atomic E-state index is -0.248. The van der Waals surface area contributed by atoms with Gasteiger partial charge in [-0.1, -0.05) is 44.2 Å². The van der Waals surface area contributed by atoms with E-state index in [0.29, 0.717) is 11.3 Å². The van der Waals surface area contributed by atoms with E-state index in [1.54, 1.807) is 19.2 Å². The van der Waals surface area contributed by atoms with Gasteiger partial charge in [0.05, 0.1) is 13.2 Å². The summed E-state index contributed by atoms with van der Waals surface area (Å²) >= 11 is 0. The summed E-state index contributed by atoms with van der Waals surface area (Å²) < 4.78 is 19.4. The molecule has 0 aliphatic heterocycles. The van der Waals surface area contributed by atoms with Gasteiger partial charge in [0.25, 0.3) is 0 Å². The van der Waals surface area contributed by atoms with Gasteiger partial charge in [-0.25, -0.2) is 4.39 Å². The molecule has 0 radical (unpaired) electrons. The van der Waals surface area contributed by atoms with Crippen LogP contribution in [-0.2, 0) is 6.42 Å². The summed E-state index contributed by atoms with van der Waals surface area (Å²) in [6, 6.07) is 13.2. The first-order valence-electron chi connectivity index (χ1n) is 7.35. The molecule has 0 amide bonds. The smallest absolute Gasteiger partial charge is 0.132 e. The predicted molar refractivity (Wildman–Crippen MR) is 84.3 cm³/mol. The monoisotopic (exact) mass is 287 g/mol. The van der Waals surface area contributed by atoms with Gasteiger partial charge in [-0.3, -0.25) is 0 Å². The number of benzene rings is 2. The number of ether oxygens (including phenoxy) is 1. The number of hydrogen-bond donors (Lipinski definition) is 1. The zero-order chi connectivity index (χ0) is 15.2. The topological polar surface area (TPSA) is 21.3 Å². The van der Waals surface area contributed by atoms with E-state index in [-0.39, 0.29) is 11.9 Å². The normalized spacial score (nSPS) is 12.2. The van der Waals surface area contributed by atoms with E-state index in [2.05, 4.69) is 24.4 Å². The number of rotatable bonds is 6. The zero-order valence-corrected chi connectivity index (χ0v) is 12.8. The van der Waals surface area contributed by atoms with Crippen molar-refractivity contribution in [3.8, 4) is 5.75 Å². The second-order valence-electron chi connectivity index (χ2n) is 4.98. The van der Waals surface area contributed by atoms with Crippen LogP contribution >= 0.6 is 0 Å². The summed E-state index contributed by atoms with van der Waals surface area (Å²) in [7, 11) is 1.54. The van der Waals surface area contributed by atoms with Crippen LogP contribution in [0.5, 0.6) is 5.75 Å². The number of hydrogen-bond acceptors (Lipinski definition) is 2. The molecule has 112 valence electrons. The van der Waals surface area contributed by atoms with E-state index in [0.717, 1.165) is 18.5 Å². The Kier molecular flexibility index (Phi) is 5.34. The highest BCUT2D eigenvalue weighted by molar-refractivity contribution is 5.38. The molecule has 1 atom stereocenters. The summed E-state index contributed by atoms with van der Waals surface area (Å²) in [5.74, 6) is 0.288. The standard InChI is InChI=1S/C18H22FNO/c1-4-13-7-6-8-14(11-13)18(20-5-2)16-10-9-15(21-3)12-17(16)19/h6-12,18,20H,4-5H2,1-3H3. The van der Waals surface area contributed by atoms with Crippen LogP contribution < -0.4 is 10.1 Å². The molecule has 0 aromatic heterocycles. The predicted octanol–water partition coefficient (Wildman–Crippen LogP) is 4.10. The van der Waals surface area contributed by atoms with Crippen molar-refractivity contribution >= 4 is 0 Å². The molecule has 2 aromatic rings. The molecular formula is C18H22FNO. The summed E-state index contributed by atoms with van der Waals surface area (Å²) in [6.07, 6.45) is 0.970. The van der Waals surface area contributed by atoms with Crippen LogP contribution in [0.3, 0.4) is 0 Å². The number of halogens is 1. The quantitative estimate of drug-likeness (QED) is 0.864. The maximum Gasteiger partial charge on any atom is 0.132 e. The summed E-state index contributed by atoms with van der Waals surface area (Å²) in [5.41, 5.74) is 2.98.